The molecule has 1 N–H and O–H groups in total. The van der Waals surface area contributed by atoms with Crippen molar-refractivity contribution in [1.29, 1.82) is 0 Å². The molecule has 0 amide bonds. The normalized spacial score (nSPS) is 25.4. The van der Waals surface area contributed by atoms with Crippen LogP contribution in [0.2, 0.25) is 0 Å². The largest absolute Gasteiger partial charge is 0.354 e. The molecule has 0 aliphatic carbocycles. The summed E-state index contributed by atoms with van der Waals surface area (Å²) in [5.74, 6) is 2.49. The summed E-state index contributed by atoms with van der Waals surface area (Å²) in [6.07, 6.45) is 1.13. The van der Waals surface area contributed by atoms with E-state index in [-0.39, 0.29) is 12.3 Å². The van der Waals surface area contributed by atoms with Crippen LogP contribution in [-0.2, 0) is 9.47 Å². The Labute approximate surface area is 84.6 Å². The molecule has 0 saturated carbocycles. The minimum Gasteiger partial charge on any atom is -0.354 e. The van der Waals surface area contributed by atoms with Crippen LogP contribution in [0.15, 0.2) is 0 Å². The zero-order valence-corrected chi connectivity index (χ0v) is 9.39. The van der Waals surface area contributed by atoms with Crippen LogP contribution in [0.1, 0.15) is 13.3 Å². The molecule has 2 unspecified atom stereocenters. The van der Waals surface area contributed by atoms with Crippen molar-refractivity contribution < 1.29 is 9.47 Å². The third-order valence-corrected chi connectivity index (χ3v) is 3.46. The van der Waals surface area contributed by atoms with E-state index in [0.29, 0.717) is 6.04 Å². The topological polar surface area (TPSA) is 30.5 Å². The van der Waals surface area contributed by atoms with Gasteiger partial charge in [0.15, 0.2) is 6.29 Å². The number of thioether (sulfide) groups is 1. The van der Waals surface area contributed by atoms with Gasteiger partial charge in [-0.3, -0.25) is 0 Å². The van der Waals surface area contributed by atoms with Gasteiger partial charge in [-0.2, -0.15) is 11.8 Å². The molecule has 0 aromatic rings. The average Bonchev–Trinajstić information content (AvgIpc) is 2.59. The second-order valence-corrected chi connectivity index (χ2v) is 4.51. The van der Waals surface area contributed by atoms with Gasteiger partial charge in [0.05, 0.1) is 6.04 Å². The quantitative estimate of drug-likeness (QED) is 0.681. The lowest BCUT2D eigenvalue weighted by molar-refractivity contribution is -0.120. The fourth-order valence-electron chi connectivity index (χ4n) is 1.62. The molecule has 1 fully saturated rings. The lowest BCUT2D eigenvalue weighted by Gasteiger charge is -2.25. The van der Waals surface area contributed by atoms with Crippen molar-refractivity contribution in [2.24, 2.45) is 0 Å². The standard InChI is InChI=1S/C9H19NO2S/c1-7(9(11-2)12-3)10-8-4-5-13-6-8/h7-10H,4-6H2,1-3H3. The maximum absolute atomic E-state index is 5.18. The molecule has 78 valence electrons. The molecule has 0 bridgehead atoms. The lowest BCUT2D eigenvalue weighted by atomic mass is 10.2. The van der Waals surface area contributed by atoms with Crippen LogP contribution in [0.25, 0.3) is 0 Å². The first kappa shape index (κ1) is 11.3. The number of ether oxygens (including phenoxy) is 2. The molecule has 0 spiro atoms. The van der Waals surface area contributed by atoms with E-state index < -0.39 is 0 Å². The smallest absolute Gasteiger partial charge is 0.171 e. The van der Waals surface area contributed by atoms with Crippen LogP contribution in [0.5, 0.6) is 0 Å². The third-order valence-electron chi connectivity index (χ3n) is 2.30. The van der Waals surface area contributed by atoms with Crippen molar-refractivity contribution in [3.8, 4) is 0 Å². The number of hydrogen-bond donors (Lipinski definition) is 1. The van der Waals surface area contributed by atoms with Gasteiger partial charge in [0.25, 0.3) is 0 Å². The summed E-state index contributed by atoms with van der Waals surface area (Å²) in [5, 5.41) is 3.51. The average molecular weight is 205 g/mol. The molecular formula is C9H19NO2S. The van der Waals surface area contributed by atoms with Gasteiger partial charge in [-0.1, -0.05) is 0 Å². The van der Waals surface area contributed by atoms with Gasteiger partial charge < -0.3 is 14.8 Å². The molecule has 1 aliphatic heterocycles. The predicted molar refractivity (Wildman–Crippen MR) is 56.1 cm³/mol. The fourth-order valence-corrected chi connectivity index (χ4v) is 2.79. The van der Waals surface area contributed by atoms with Crippen molar-refractivity contribution in [3.63, 3.8) is 0 Å². The van der Waals surface area contributed by atoms with Crippen LogP contribution in [0, 0.1) is 0 Å². The van der Waals surface area contributed by atoms with Gasteiger partial charge in [-0.25, -0.2) is 0 Å². The van der Waals surface area contributed by atoms with Gasteiger partial charge >= 0.3 is 0 Å². The Morgan fingerprint density at radius 1 is 1.38 bits per heavy atom. The summed E-state index contributed by atoms with van der Waals surface area (Å²) >= 11 is 2.01. The molecule has 2 atom stereocenters. The molecule has 0 aromatic heterocycles. The van der Waals surface area contributed by atoms with E-state index >= 15 is 0 Å². The van der Waals surface area contributed by atoms with Gasteiger partial charge in [0, 0.05) is 26.0 Å². The Balaban J connectivity index is 2.25. The van der Waals surface area contributed by atoms with Crippen molar-refractivity contribution in [3.05, 3.63) is 0 Å². The van der Waals surface area contributed by atoms with Gasteiger partial charge in [-0.15, -0.1) is 0 Å². The van der Waals surface area contributed by atoms with Crippen LogP contribution in [0.4, 0.5) is 0 Å². The van der Waals surface area contributed by atoms with Crippen molar-refractivity contribution in [1.82, 2.24) is 5.32 Å². The van der Waals surface area contributed by atoms with Crippen molar-refractivity contribution in [2.75, 3.05) is 25.7 Å². The maximum atomic E-state index is 5.18. The molecule has 4 heteroatoms. The molecule has 1 saturated heterocycles. The van der Waals surface area contributed by atoms with Crippen LogP contribution in [0.3, 0.4) is 0 Å². The minimum atomic E-state index is -0.134. The predicted octanol–water partition coefficient (Wildman–Crippen LogP) is 1.09. The number of nitrogens with one attached hydrogen (secondary N) is 1. The van der Waals surface area contributed by atoms with E-state index in [2.05, 4.69) is 12.2 Å². The van der Waals surface area contributed by atoms with Crippen molar-refractivity contribution in [2.45, 2.75) is 31.7 Å². The Bertz CT molecular complexity index is 136. The number of hydrogen-bond acceptors (Lipinski definition) is 4. The molecule has 3 nitrogen and oxygen atoms in total. The summed E-state index contributed by atoms with van der Waals surface area (Å²) in [6, 6.07) is 0.895. The highest BCUT2D eigenvalue weighted by Crippen LogP contribution is 2.18. The van der Waals surface area contributed by atoms with E-state index in [1.165, 1.54) is 17.9 Å². The van der Waals surface area contributed by atoms with E-state index in [1.807, 2.05) is 11.8 Å². The Morgan fingerprint density at radius 2 is 2.08 bits per heavy atom. The summed E-state index contributed by atoms with van der Waals surface area (Å²) in [6.45, 7) is 2.10. The highest BCUT2D eigenvalue weighted by Gasteiger charge is 2.22. The van der Waals surface area contributed by atoms with E-state index in [9.17, 15) is 0 Å². The van der Waals surface area contributed by atoms with Crippen LogP contribution < -0.4 is 5.32 Å². The zero-order chi connectivity index (χ0) is 9.68. The molecular weight excluding hydrogens is 186 g/mol. The monoisotopic (exact) mass is 205 g/mol. The second-order valence-electron chi connectivity index (χ2n) is 3.36. The van der Waals surface area contributed by atoms with Gasteiger partial charge in [-0.05, 0) is 19.1 Å². The Hall–Kier alpha value is 0.230. The van der Waals surface area contributed by atoms with Crippen LogP contribution in [-0.4, -0.2) is 44.1 Å². The van der Waals surface area contributed by atoms with E-state index in [1.54, 1.807) is 14.2 Å². The summed E-state index contributed by atoms with van der Waals surface area (Å²) < 4.78 is 10.4. The molecule has 1 heterocycles. The number of rotatable bonds is 5. The lowest BCUT2D eigenvalue weighted by Crippen LogP contribution is -2.45. The van der Waals surface area contributed by atoms with Crippen LogP contribution >= 0.6 is 11.8 Å². The Kier molecular flexibility index (Phi) is 5.09. The third kappa shape index (κ3) is 3.46. The summed E-state index contributed by atoms with van der Waals surface area (Å²) in [7, 11) is 3.35. The molecule has 0 aromatic carbocycles. The van der Waals surface area contributed by atoms with Crippen molar-refractivity contribution >= 4 is 11.8 Å². The highest BCUT2D eigenvalue weighted by atomic mass is 32.2. The highest BCUT2D eigenvalue weighted by molar-refractivity contribution is 7.99. The molecule has 13 heavy (non-hydrogen) atoms. The fraction of sp³-hybridized carbons (Fsp3) is 1.00. The van der Waals surface area contributed by atoms with Gasteiger partial charge in [0.2, 0.25) is 0 Å². The maximum Gasteiger partial charge on any atom is 0.171 e. The molecule has 1 aliphatic rings. The summed E-state index contributed by atoms with van der Waals surface area (Å²) in [5.41, 5.74) is 0. The molecule has 1 rings (SSSR count). The zero-order valence-electron chi connectivity index (χ0n) is 8.58. The number of methoxy groups -OCH3 is 2. The first-order valence-electron chi connectivity index (χ1n) is 4.67. The Morgan fingerprint density at radius 3 is 2.54 bits per heavy atom. The van der Waals surface area contributed by atoms with E-state index in [0.717, 1.165) is 0 Å². The second kappa shape index (κ2) is 5.86. The van der Waals surface area contributed by atoms with E-state index in [4.69, 9.17) is 9.47 Å². The first-order chi connectivity index (χ1) is 6.27. The molecule has 0 radical (unpaired) electrons. The SMILES string of the molecule is COC(OC)C(C)NC1CCSC1. The van der Waals surface area contributed by atoms with Gasteiger partial charge in [0.1, 0.15) is 0 Å². The summed E-state index contributed by atoms with van der Waals surface area (Å²) in [4.78, 5) is 0. The minimum absolute atomic E-state index is 0.134. The first-order valence-corrected chi connectivity index (χ1v) is 5.82.